The van der Waals surface area contributed by atoms with Gasteiger partial charge in [-0.25, -0.2) is 13.5 Å². The molecule has 0 atom stereocenters. The number of nitro benzene ring substituents is 1. The molecule has 2 rings (SSSR count). The van der Waals surface area contributed by atoms with Gasteiger partial charge in [0.2, 0.25) is 0 Å². The van der Waals surface area contributed by atoms with Gasteiger partial charge >= 0.3 is 5.69 Å². The summed E-state index contributed by atoms with van der Waals surface area (Å²) in [6.45, 7) is 0. The van der Waals surface area contributed by atoms with E-state index >= 15 is 0 Å². The zero-order valence-corrected chi connectivity index (χ0v) is 8.30. The average Bonchev–Trinajstić information content (AvgIpc) is 2.63. The average molecular weight is 240 g/mol. The van der Waals surface area contributed by atoms with Crippen LogP contribution in [0, 0.1) is 21.7 Å². The number of nitro groups is 1. The van der Waals surface area contributed by atoms with Crippen molar-refractivity contribution in [3.05, 3.63) is 46.1 Å². The number of halogens is 2. The van der Waals surface area contributed by atoms with Gasteiger partial charge < -0.3 is 5.73 Å². The monoisotopic (exact) mass is 240 g/mol. The van der Waals surface area contributed by atoms with Crippen molar-refractivity contribution < 1.29 is 13.7 Å². The van der Waals surface area contributed by atoms with E-state index in [-0.39, 0.29) is 5.82 Å². The van der Waals surface area contributed by atoms with E-state index in [0.29, 0.717) is 12.1 Å². The first-order valence-electron chi connectivity index (χ1n) is 4.44. The minimum absolute atomic E-state index is 0.0722. The molecule has 0 aliphatic carbocycles. The van der Waals surface area contributed by atoms with Crippen LogP contribution in [0.4, 0.5) is 20.3 Å². The van der Waals surface area contributed by atoms with Crippen LogP contribution in [0.2, 0.25) is 0 Å². The van der Waals surface area contributed by atoms with Crippen LogP contribution in [0.5, 0.6) is 0 Å². The number of aromatic nitrogens is 2. The van der Waals surface area contributed by atoms with Crippen molar-refractivity contribution in [3.8, 4) is 5.69 Å². The third-order valence-corrected chi connectivity index (χ3v) is 2.04. The van der Waals surface area contributed by atoms with Crippen molar-refractivity contribution in [1.82, 2.24) is 9.78 Å². The van der Waals surface area contributed by atoms with Crippen LogP contribution in [-0.4, -0.2) is 14.7 Å². The quantitative estimate of drug-likeness (QED) is 0.638. The number of hydrogen-bond acceptors (Lipinski definition) is 4. The molecular formula is C9H6F2N4O2. The molecule has 1 heterocycles. The molecule has 88 valence electrons. The van der Waals surface area contributed by atoms with Crippen LogP contribution < -0.4 is 5.73 Å². The Labute approximate surface area is 93.4 Å². The maximum Gasteiger partial charge on any atom is 0.300 e. The molecule has 2 aromatic rings. The topological polar surface area (TPSA) is 87.0 Å². The van der Waals surface area contributed by atoms with E-state index in [1.54, 1.807) is 0 Å². The Hall–Kier alpha value is -2.51. The highest BCUT2D eigenvalue weighted by atomic mass is 19.1. The zero-order valence-electron chi connectivity index (χ0n) is 8.30. The summed E-state index contributed by atoms with van der Waals surface area (Å²) in [5, 5.41) is 14.3. The summed E-state index contributed by atoms with van der Waals surface area (Å²) in [5.41, 5.74) is 4.16. The second-order valence-corrected chi connectivity index (χ2v) is 3.20. The molecule has 0 saturated carbocycles. The van der Waals surface area contributed by atoms with Crippen LogP contribution in [-0.2, 0) is 0 Å². The first kappa shape index (κ1) is 11.0. The molecule has 0 saturated heterocycles. The summed E-state index contributed by atoms with van der Waals surface area (Å²) in [6.07, 6.45) is 1.25. The van der Waals surface area contributed by atoms with Crippen molar-refractivity contribution >= 4 is 11.5 Å². The van der Waals surface area contributed by atoms with E-state index in [1.807, 2.05) is 0 Å². The van der Waals surface area contributed by atoms with Crippen molar-refractivity contribution in [2.45, 2.75) is 0 Å². The van der Waals surface area contributed by atoms with Gasteiger partial charge in [0.1, 0.15) is 11.6 Å². The fourth-order valence-corrected chi connectivity index (χ4v) is 1.38. The largest absolute Gasteiger partial charge is 0.382 e. The molecule has 1 aromatic heterocycles. The number of nitrogens with two attached hydrogens (primary N) is 1. The third-order valence-electron chi connectivity index (χ3n) is 2.04. The van der Waals surface area contributed by atoms with Gasteiger partial charge in [0.15, 0.2) is 11.5 Å². The van der Waals surface area contributed by atoms with Crippen LogP contribution >= 0.6 is 0 Å². The van der Waals surface area contributed by atoms with Crippen LogP contribution in [0.1, 0.15) is 0 Å². The summed E-state index contributed by atoms with van der Waals surface area (Å²) in [6, 6.07) is 2.50. The van der Waals surface area contributed by atoms with E-state index in [2.05, 4.69) is 5.10 Å². The fraction of sp³-hybridized carbons (Fsp3) is 0. The van der Waals surface area contributed by atoms with Gasteiger partial charge in [-0.1, -0.05) is 0 Å². The van der Waals surface area contributed by atoms with Gasteiger partial charge in [-0.3, -0.25) is 10.1 Å². The molecule has 0 fully saturated rings. The smallest absolute Gasteiger partial charge is 0.300 e. The van der Waals surface area contributed by atoms with E-state index in [0.717, 1.165) is 4.68 Å². The number of nitrogen functional groups attached to an aromatic ring is 1. The molecule has 2 N–H and O–H groups in total. The van der Waals surface area contributed by atoms with E-state index in [4.69, 9.17) is 5.73 Å². The molecular weight excluding hydrogens is 234 g/mol. The highest BCUT2D eigenvalue weighted by molar-refractivity contribution is 5.53. The van der Waals surface area contributed by atoms with Gasteiger partial charge in [-0.15, -0.1) is 0 Å². The number of anilines is 1. The van der Waals surface area contributed by atoms with Gasteiger partial charge in [-0.05, 0) is 0 Å². The van der Waals surface area contributed by atoms with Gasteiger partial charge in [0.25, 0.3) is 0 Å². The molecule has 0 aliphatic rings. The summed E-state index contributed by atoms with van der Waals surface area (Å²) in [4.78, 5) is 9.82. The summed E-state index contributed by atoms with van der Waals surface area (Å²) in [7, 11) is 0. The number of hydrogen-bond donors (Lipinski definition) is 1. The molecule has 0 radical (unpaired) electrons. The molecule has 8 heteroatoms. The minimum Gasteiger partial charge on any atom is -0.382 e. The van der Waals surface area contributed by atoms with E-state index in [9.17, 15) is 18.9 Å². The molecule has 6 nitrogen and oxygen atoms in total. The van der Waals surface area contributed by atoms with Crippen molar-refractivity contribution in [2.75, 3.05) is 5.73 Å². The van der Waals surface area contributed by atoms with Gasteiger partial charge in [-0.2, -0.15) is 5.10 Å². The Balaban J connectivity index is 2.71. The second-order valence-electron chi connectivity index (χ2n) is 3.20. The Bertz CT molecular complexity index is 597. The van der Waals surface area contributed by atoms with E-state index < -0.39 is 27.9 Å². The van der Waals surface area contributed by atoms with Gasteiger partial charge in [0.05, 0.1) is 11.0 Å². The Morgan fingerprint density at radius 2 is 2.12 bits per heavy atom. The highest BCUT2D eigenvalue weighted by Crippen LogP contribution is 2.26. The van der Waals surface area contributed by atoms with Crippen molar-refractivity contribution in [2.24, 2.45) is 0 Å². The van der Waals surface area contributed by atoms with Crippen LogP contribution in [0.25, 0.3) is 5.69 Å². The summed E-state index contributed by atoms with van der Waals surface area (Å²) < 4.78 is 27.3. The zero-order chi connectivity index (χ0) is 12.6. The third kappa shape index (κ3) is 1.92. The van der Waals surface area contributed by atoms with Crippen LogP contribution in [0.15, 0.2) is 24.4 Å². The number of nitrogens with zero attached hydrogens (tertiary/aromatic N) is 3. The predicted molar refractivity (Wildman–Crippen MR) is 54.5 cm³/mol. The molecule has 0 amide bonds. The minimum atomic E-state index is -1.08. The maximum absolute atomic E-state index is 13.5. The highest BCUT2D eigenvalue weighted by Gasteiger charge is 2.22. The van der Waals surface area contributed by atoms with Crippen molar-refractivity contribution in [1.29, 1.82) is 0 Å². The lowest BCUT2D eigenvalue weighted by atomic mass is 10.2. The fourth-order valence-electron chi connectivity index (χ4n) is 1.38. The molecule has 0 bridgehead atoms. The first-order valence-corrected chi connectivity index (χ1v) is 4.44. The summed E-state index contributed by atoms with van der Waals surface area (Å²) in [5.74, 6) is -2.04. The lowest BCUT2D eigenvalue weighted by Gasteiger charge is -2.04. The molecule has 0 aliphatic heterocycles. The lowest BCUT2D eigenvalue weighted by Crippen LogP contribution is -2.05. The van der Waals surface area contributed by atoms with E-state index in [1.165, 1.54) is 12.3 Å². The predicted octanol–water partition coefficient (Wildman–Crippen LogP) is 1.64. The Kier molecular flexibility index (Phi) is 2.47. The van der Waals surface area contributed by atoms with Crippen LogP contribution in [0.3, 0.4) is 0 Å². The molecule has 0 spiro atoms. The molecule has 0 unspecified atom stereocenters. The lowest BCUT2D eigenvalue weighted by molar-refractivity contribution is -0.385. The SMILES string of the molecule is Nc1ccn(-c2c(F)cc(F)cc2[N+](=O)[O-])n1. The standard InChI is InChI=1S/C9H6F2N4O2/c10-5-3-6(11)9(7(4-5)15(16)17)14-2-1-8(12)13-14/h1-4H,(H2,12,13). The maximum atomic E-state index is 13.5. The Morgan fingerprint density at radius 3 is 2.65 bits per heavy atom. The Morgan fingerprint density at radius 1 is 1.41 bits per heavy atom. The molecule has 1 aromatic carbocycles. The molecule has 17 heavy (non-hydrogen) atoms. The number of benzene rings is 1. The van der Waals surface area contributed by atoms with Gasteiger partial charge in [0, 0.05) is 18.3 Å². The second kappa shape index (κ2) is 3.81. The summed E-state index contributed by atoms with van der Waals surface area (Å²) >= 11 is 0. The van der Waals surface area contributed by atoms with Crippen molar-refractivity contribution in [3.63, 3.8) is 0 Å². The first-order chi connectivity index (χ1) is 7.99. The number of rotatable bonds is 2. The normalized spacial score (nSPS) is 10.5.